The Kier molecular flexibility index (Phi) is 3.59. The first-order valence-corrected chi connectivity index (χ1v) is 11.1. The van der Waals surface area contributed by atoms with Crippen LogP contribution >= 0.6 is 11.3 Å². The minimum absolute atomic E-state index is 0.220. The molecule has 2 bridgehead atoms. The number of nitrogens with zero attached hydrogens (tertiary/aromatic N) is 1. The number of para-hydroxylation sites is 1. The molecule has 6 heteroatoms. The van der Waals surface area contributed by atoms with E-state index in [2.05, 4.69) is 32.0 Å². The molecule has 2 aromatic rings. The van der Waals surface area contributed by atoms with Gasteiger partial charge in [-0.25, -0.2) is 14.8 Å². The Hall–Kier alpha value is -1.47. The van der Waals surface area contributed by atoms with E-state index in [1.807, 2.05) is 13.0 Å². The molecular formula is C22H25NO4S. The first kappa shape index (κ1) is 17.4. The zero-order valence-corrected chi connectivity index (χ0v) is 17.3. The molecular weight excluding hydrogens is 374 g/mol. The van der Waals surface area contributed by atoms with Crippen LogP contribution in [0.1, 0.15) is 51.5 Å². The van der Waals surface area contributed by atoms with Gasteiger partial charge in [-0.05, 0) is 56.7 Å². The molecule has 5 nitrogen and oxygen atoms in total. The van der Waals surface area contributed by atoms with Crippen molar-refractivity contribution in [3.8, 4) is 0 Å². The first-order valence-electron chi connectivity index (χ1n) is 10.3. The van der Waals surface area contributed by atoms with E-state index in [4.69, 9.17) is 24.2 Å². The highest BCUT2D eigenvalue weighted by molar-refractivity contribution is 7.19. The summed E-state index contributed by atoms with van der Waals surface area (Å²) in [6.07, 6.45) is 3.65. The van der Waals surface area contributed by atoms with Crippen molar-refractivity contribution in [1.29, 1.82) is 0 Å². The largest absolute Gasteiger partial charge is 0.458 e. The molecule has 148 valence electrons. The monoisotopic (exact) mass is 399 g/mol. The second-order valence-corrected chi connectivity index (χ2v) is 10.0. The second-order valence-electron chi connectivity index (χ2n) is 8.97. The third-order valence-electron chi connectivity index (χ3n) is 7.31. The summed E-state index contributed by atoms with van der Waals surface area (Å²) < 4.78 is 14.2. The SMILES string of the molecule is CC1=C(c2nc3ccccc3s2)O[C@@H]2O[C@]3(C)CC[C@H]4[C@H](C)CC[C@@H]1[C@@]24OO3. The number of benzene rings is 1. The molecule has 4 fully saturated rings. The van der Waals surface area contributed by atoms with Crippen LogP contribution in [0, 0.1) is 17.8 Å². The summed E-state index contributed by atoms with van der Waals surface area (Å²) in [6, 6.07) is 8.23. The van der Waals surface area contributed by atoms with Crippen LogP contribution in [0.3, 0.4) is 0 Å². The van der Waals surface area contributed by atoms with Crippen LogP contribution in [0.4, 0.5) is 0 Å². The van der Waals surface area contributed by atoms with Gasteiger partial charge in [0.2, 0.25) is 12.1 Å². The number of hydrogen-bond donors (Lipinski definition) is 0. The van der Waals surface area contributed by atoms with Crippen molar-refractivity contribution in [2.45, 2.75) is 64.1 Å². The summed E-state index contributed by atoms with van der Waals surface area (Å²) in [7, 11) is 0. The summed E-state index contributed by atoms with van der Waals surface area (Å²) in [5, 5.41) is 0.929. The predicted octanol–water partition coefficient (Wildman–Crippen LogP) is 5.27. The van der Waals surface area contributed by atoms with Gasteiger partial charge in [0.15, 0.2) is 16.4 Å². The van der Waals surface area contributed by atoms with Gasteiger partial charge in [0.25, 0.3) is 0 Å². The number of aromatic nitrogens is 1. The van der Waals surface area contributed by atoms with Gasteiger partial charge in [0.05, 0.1) is 10.2 Å². The number of fused-ring (bicyclic) bond motifs is 3. The molecule has 1 aliphatic carbocycles. The molecule has 28 heavy (non-hydrogen) atoms. The van der Waals surface area contributed by atoms with E-state index in [1.54, 1.807) is 11.3 Å². The van der Waals surface area contributed by atoms with Crippen molar-refractivity contribution in [2.75, 3.05) is 0 Å². The van der Waals surface area contributed by atoms with Crippen LogP contribution in [0.15, 0.2) is 29.8 Å². The molecule has 7 rings (SSSR count). The second kappa shape index (κ2) is 5.79. The van der Waals surface area contributed by atoms with E-state index in [9.17, 15) is 0 Å². The number of ether oxygens (including phenoxy) is 2. The molecule has 1 aromatic heterocycles. The third kappa shape index (κ3) is 2.20. The summed E-state index contributed by atoms with van der Waals surface area (Å²) in [6.45, 7) is 6.47. The molecule has 0 radical (unpaired) electrons. The van der Waals surface area contributed by atoms with Gasteiger partial charge >= 0.3 is 0 Å². The Bertz CT molecular complexity index is 953. The lowest BCUT2D eigenvalue weighted by Crippen LogP contribution is -2.66. The maximum Gasteiger partial charge on any atom is 0.236 e. The molecule has 4 aliphatic heterocycles. The van der Waals surface area contributed by atoms with Gasteiger partial charge in [-0.2, -0.15) is 0 Å². The Morgan fingerprint density at radius 1 is 1.14 bits per heavy atom. The van der Waals surface area contributed by atoms with E-state index in [0.717, 1.165) is 35.5 Å². The van der Waals surface area contributed by atoms with Crippen molar-refractivity contribution in [1.82, 2.24) is 4.98 Å². The Balaban J connectivity index is 1.51. The average molecular weight is 400 g/mol. The lowest BCUT2D eigenvalue weighted by atomic mass is 9.59. The van der Waals surface area contributed by atoms with E-state index in [1.165, 1.54) is 16.7 Å². The fourth-order valence-electron chi connectivity index (χ4n) is 5.80. The van der Waals surface area contributed by atoms with Crippen LogP contribution < -0.4 is 0 Å². The Morgan fingerprint density at radius 2 is 2.00 bits per heavy atom. The molecule has 1 spiro atoms. The minimum atomic E-state index is -0.749. The fourth-order valence-corrected chi connectivity index (χ4v) is 6.82. The molecule has 5 heterocycles. The molecule has 3 saturated heterocycles. The van der Waals surface area contributed by atoms with Gasteiger partial charge in [0, 0.05) is 18.3 Å². The van der Waals surface area contributed by atoms with Gasteiger partial charge in [-0.1, -0.05) is 19.1 Å². The third-order valence-corrected chi connectivity index (χ3v) is 8.35. The molecule has 0 unspecified atom stereocenters. The zero-order valence-electron chi connectivity index (χ0n) is 16.4. The molecule has 1 saturated carbocycles. The first-order chi connectivity index (χ1) is 13.5. The summed E-state index contributed by atoms with van der Waals surface area (Å²) in [5.74, 6) is 1.27. The quantitative estimate of drug-likeness (QED) is 0.611. The van der Waals surface area contributed by atoms with Gasteiger partial charge in [-0.15, -0.1) is 11.3 Å². The number of thiazole rings is 1. The van der Waals surface area contributed by atoms with Crippen molar-refractivity contribution >= 4 is 27.3 Å². The van der Waals surface area contributed by atoms with Gasteiger partial charge < -0.3 is 9.47 Å². The predicted molar refractivity (Wildman–Crippen MR) is 106 cm³/mol. The van der Waals surface area contributed by atoms with E-state index >= 15 is 0 Å². The minimum Gasteiger partial charge on any atom is -0.458 e. The Labute approximate surface area is 168 Å². The van der Waals surface area contributed by atoms with Crippen LogP contribution in [-0.2, 0) is 19.2 Å². The smallest absolute Gasteiger partial charge is 0.236 e. The van der Waals surface area contributed by atoms with Crippen molar-refractivity contribution < 1.29 is 19.2 Å². The molecule has 1 aromatic carbocycles. The van der Waals surface area contributed by atoms with Crippen molar-refractivity contribution in [2.24, 2.45) is 17.8 Å². The molecule has 0 N–H and O–H groups in total. The molecule has 6 atom stereocenters. The van der Waals surface area contributed by atoms with Gasteiger partial charge in [-0.3, -0.25) is 0 Å². The van der Waals surface area contributed by atoms with E-state index < -0.39 is 17.7 Å². The van der Waals surface area contributed by atoms with E-state index in [-0.39, 0.29) is 5.92 Å². The average Bonchev–Trinajstić information content (AvgIpc) is 2.99. The van der Waals surface area contributed by atoms with Crippen LogP contribution in [0.25, 0.3) is 16.0 Å². The lowest BCUT2D eigenvalue weighted by Gasteiger charge is -2.57. The van der Waals surface area contributed by atoms with Crippen LogP contribution in [-0.4, -0.2) is 22.7 Å². The molecule has 5 aliphatic rings. The van der Waals surface area contributed by atoms with Crippen molar-refractivity contribution in [3.05, 3.63) is 34.8 Å². The topological polar surface area (TPSA) is 49.8 Å². The van der Waals surface area contributed by atoms with Gasteiger partial charge in [0.1, 0.15) is 0 Å². The zero-order chi connectivity index (χ0) is 19.1. The highest BCUT2D eigenvalue weighted by atomic mass is 32.1. The number of rotatable bonds is 1. The Morgan fingerprint density at radius 3 is 2.86 bits per heavy atom. The maximum absolute atomic E-state index is 6.57. The lowest BCUT2D eigenvalue weighted by molar-refractivity contribution is -0.553. The van der Waals surface area contributed by atoms with E-state index in [0.29, 0.717) is 11.8 Å². The fraction of sp³-hybridized carbons (Fsp3) is 0.591. The van der Waals surface area contributed by atoms with Crippen molar-refractivity contribution in [3.63, 3.8) is 0 Å². The summed E-state index contributed by atoms with van der Waals surface area (Å²) in [4.78, 5) is 16.9. The normalized spacial score (nSPS) is 42.2. The summed E-state index contributed by atoms with van der Waals surface area (Å²) in [5.41, 5.74) is 1.67. The highest BCUT2D eigenvalue weighted by Crippen LogP contribution is 2.61. The maximum atomic E-state index is 6.57. The van der Waals surface area contributed by atoms with Crippen LogP contribution in [0.5, 0.6) is 0 Å². The van der Waals surface area contributed by atoms with Crippen LogP contribution in [0.2, 0.25) is 0 Å². The highest BCUT2D eigenvalue weighted by Gasteiger charge is 2.68. The molecule has 0 amide bonds. The standard InChI is InChI=1S/C22H25NO4S/c1-12-8-9-15-13(2)18(19-23-16-6-4-5-7-17(16)28-19)24-20-22(15)14(12)10-11-21(3,25-20)26-27-22/h4-7,12,14-15,20H,8-11H2,1-3H3/t12-,14+,15+,20-,21+,22-/m1/s1. The number of hydrogen-bond acceptors (Lipinski definition) is 6. The summed E-state index contributed by atoms with van der Waals surface area (Å²) >= 11 is 1.68.